The SMILES string of the molecule is CC(C)CC(NC(=O)CCN1CCCCCC1)C(=O)O. The fourth-order valence-electron chi connectivity index (χ4n) is 2.58. The first-order valence-electron chi connectivity index (χ1n) is 7.73. The molecular weight excluding hydrogens is 256 g/mol. The highest BCUT2D eigenvalue weighted by Gasteiger charge is 2.21. The number of nitrogens with zero attached hydrogens (tertiary/aromatic N) is 1. The highest BCUT2D eigenvalue weighted by molar-refractivity contribution is 5.83. The summed E-state index contributed by atoms with van der Waals surface area (Å²) in [6.45, 7) is 6.77. The molecule has 1 aliphatic rings. The van der Waals surface area contributed by atoms with Gasteiger partial charge in [0.15, 0.2) is 0 Å². The molecule has 5 nitrogen and oxygen atoms in total. The van der Waals surface area contributed by atoms with Crippen LogP contribution in [0.2, 0.25) is 0 Å². The van der Waals surface area contributed by atoms with Crippen molar-refractivity contribution in [2.75, 3.05) is 19.6 Å². The van der Waals surface area contributed by atoms with Gasteiger partial charge in [-0.1, -0.05) is 26.7 Å². The molecule has 1 heterocycles. The third kappa shape index (κ3) is 6.89. The molecule has 0 radical (unpaired) electrons. The molecule has 1 fully saturated rings. The third-order valence-electron chi connectivity index (χ3n) is 3.69. The van der Waals surface area contributed by atoms with Crippen molar-refractivity contribution in [1.82, 2.24) is 10.2 Å². The van der Waals surface area contributed by atoms with Crippen LogP contribution in [0.5, 0.6) is 0 Å². The van der Waals surface area contributed by atoms with Gasteiger partial charge in [0.2, 0.25) is 5.91 Å². The lowest BCUT2D eigenvalue weighted by molar-refractivity contribution is -0.142. The van der Waals surface area contributed by atoms with Gasteiger partial charge in [-0.05, 0) is 38.3 Å². The van der Waals surface area contributed by atoms with E-state index in [-0.39, 0.29) is 11.8 Å². The van der Waals surface area contributed by atoms with Crippen LogP contribution in [0.15, 0.2) is 0 Å². The number of amides is 1. The molecule has 2 N–H and O–H groups in total. The molecule has 1 amide bonds. The molecule has 5 heteroatoms. The molecule has 0 bridgehead atoms. The van der Waals surface area contributed by atoms with Gasteiger partial charge in [0, 0.05) is 13.0 Å². The number of carboxylic acids is 1. The first-order valence-corrected chi connectivity index (χ1v) is 7.73. The van der Waals surface area contributed by atoms with Gasteiger partial charge in [-0.15, -0.1) is 0 Å². The van der Waals surface area contributed by atoms with E-state index in [1.807, 2.05) is 13.8 Å². The number of likely N-dealkylation sites (tertiary alicyclic amines) is 1. The fraction of sp³-hybridized carbons (Fsp3) is 0.867. The Morgan fingerprint density at radius 1 is 1.15 bits per heavy atom. The van der Waals surface area contributed by atoms with Gasteiger partial charge < -0.3 is 15.3 Å². The first-order chi connectivity index (χ1) is 9.49. The molecule has 20 heavy (non-hydrogen) atoms. The quantitative estimate of drug-likeness (QED) is 0.749. The van der Waals surface area contributed by atoms with E-state index >= 15 is 0 Å². The molecule has 116 valence electrons. The maximum atomic E-state index is 11.9. The zero-order chi connectivity index (χ0) is 15.0. The third-order valence-corrected chi connectivity index (χ3v) is 3.69. The second kappa shape index (κ2) is 8.95. The lowest BCUT2D eigenvalue weighted by atomic mass is 10.0. The number of carboxylic acid groups (broad SMARTS) is 1. The molecule has 0 aromatic carbocycles. The molecule has 0 aliphatic carbocycles. The predicted molar refractivity (Wildman–Crippen MR) is 78.5 cm³/mol. The second-order valence-corrected chi connectivity index (χ2v) is 6.09. The first kappa shape index (κ1) is 17.0. The van der Waals surface area contributed by atoms with Crippen LogP contribution >= 0.6 is 0 Å². The standard InChI is InChI=1S/C15H28N2O3/c1-12(2)11-13(15(19)20)16-14(18)7-10-17-8-5-3-4-6-9-17/h12-13H,3-11H2,1-2H3,(H,16,18)(H,19,20). The smallest absolute Gasteiger partial charge is 0.326 e. The normalized spacial score (nSPS) is 18.6. The number of nitrogens with one attached hydrogen (secondary N) is 1. The minimum atomic E-state index is -0.943. The van der Waals surface area contributed by atoms with E-state index in [1.54, 1.807) is 0 Å². The van der Waals surface area contributed by atoms with Crippen molar-refractivity contribution in [2.24, 2.45) is 5.92 Å². The zero-order valence-corrected chi connectivity index (χ0v) is 12.7. The van der Waals surface area contributed by atoms with E-state index in [4.69, 9.17) is 5.11 Å². The van der Waals surface area contributed by atoms with Gasteiger partial charge in [-0.2, -0.15) is 0 Å². The molecule has 1 saturated heterocycles. The minimum absolute atomic E-state index is 0.151. The molecule has 0 spiro atoms. The van der Waals surface area contributed by atoms with Crippen LogP contribution < -0.4 is 5.32 Å². The van der Waals surface area contributed by atoms with Crippen LogP contribution in [0.1, 0.15) is 52.4 Å². The van der Waals surface area contributed by atoms with Crippen LogP contribution in [0, 0.1) is 5.92 Å². The molecular formula is C15H28N2O3. The predicted octanol–water partition coefficient (Wildman–Crippen LogP) is 1.87. The van der Waals surface area contributed by atoms with E-state index in [2.05, 4.69) is 10.2 Å². The molecule has 1 aliphatic heterocycles. The van der Waals surface area contributed by atoms with Crippen LogP contribution in [0.25, 0.3) is 0 Å². The number of hydrogen-bond acceptors (Lipinski definition) is 3. The monoisotopic (exact) mass is 284 g/mol. The van der Waals surface area contributed by atoms with Crippen molar-refractivity contribution < 1.29 is 14.7 Å². The maximum Gasteiger partial charge on any atom is 0.326 e. The number of hydrogen-bond donors (Lipinski definition) is 2. The molecule has 0 aromatic heterocycles. The lowest BCUT2D eigenvalue weighted by Crippen LogP contribution is -2.42. The van der Waals surface area contributed by atoms with Crippen molar-refractivity contribution in [3.63, 3.8) is 0 Å². The summed E-state index contributed by atoms with van der Waals surface area (Å²) in [5.41, 5.74) is 0. The van der Waals surface area contributed by atoms with Gasteiger partial charge >= 0.3 is 5.97 Å². The average Bonchev–Trinajstić information content (AvgIpc) is 2.63. The highest BCUT2D eigenvalue weighted by atomic mass is 16.4. The number of aliphatic carboxylic acids is 1. The number of carbonyl (C=O) groups is 2. The summed E-state index contributed by atoms with van der Waals surface area (Å²) in [6.07, 6.45) is 5.82. The summed E-state index contributed by atoms with van der Waals surface area (Å²) < 4.78 is 0. The van der Waals surface area contributed by atoms with Crippen molar-refractivity contribution in [1.29, 1.82) is 0 Å². The van der Waals surface area contributed by atoms with Crippen molar-refractivity contribution >= 4 is 11.9 Å². The van der Waals surface area contributed by atoms with Crippen molar-refractivity contribution in [3.05, 3.63) is 0 Å². The average molecular weight is 284 g/mol. The summed E-state index contributed by atoms with van der Waals surface area (Å²) in [5, 5.41) is 11.7. The topological polar surface area (TPSA) is 69.6 Å². The Balaban J connectivity index is 2.31. The van der Waals surface area contributed by atoms with E-state index in [0.29, 0.717) is 12.8 Å². The summed E-state index contributed by atoms with van der Waals surface area (Å²) in [4.78, 5) is 25.3. The molecule has 0 aromatic rings. The van der Waals surface area contributed by atoms with E-state index in [1.165, 1.54) is 25.7 Å². The Kier molecular flexibility index (Phi) is 7.59. The Hall–Kier alpha value is -1.10. The largest absolute Gasteiger partial charge is 0.480 e. The van der Waals surface area contributed by atoms with Gasteiger partial charge in [-0.3, -0.25) is 4.79 Å². The van der Waals surface area contributed by atoms with Crippen LogP contribution in [0.3, 0.4) is 0 Å². The number of carbonyl (C=O) groups excluding carboxylic acids is 1. The van der Waals surface area contributed by atoms with Crippen LogP contribution in [-0.2, 0) is 9.59 Å². The minimum Gasteiger partial charge on any atom is -0.480 e. The van der Waals surface area contributed by atoms with Crippen molar-refractivity contribution in [3.8, 4) is 0 Å². The number of rotatable bonds is 7. The summed E-state index contributed by atoms with van der Waals surface area (Å²) in [6, 6.07) is -0.758. The maximum absolute atomic E-state index is 11.9. The van der Waals surface area contributed by atoms with Gasteiger partial charge in [0.05, 0.1) is 0 Å². The summed E-state index contributed by atoms with van der Waals surface area (Å²) >= 11 is 0. The Morgan fingerprint density at radius 2 is 1.75 bits per heavy atom. The second-order valence-electron chi connectivity index (χ2n) is 6.09. The van der Waals surface area contributed by atoms with Crippen molar-refractivity contribution in [2.45, 2.75) is 58.4 Å². The van der Waals surface area contributed by atoms with Crippen LogP contribution in [-0.4, -0.2) is 47.6 Å². The Morgan fingerprint density at radius 3 is 2.25 bits per heavy atom. The molecule has 1 rings (SSSR count). The molecule has 1 atom stereocenters. The van der Waals surface area contributed by atoms with E-state index in [0.717, 1.165) is 19.6 Å². The molecule has 1 unspecified atom stereocenters. The Labute approximate surface area is 121 Å². The Bertz CT molecular complexity index is 310. The molecule has 0 saturated carbocycles. The van der Waals surface area contributed by atoms with E-state index in [9.17, 15) is 9.59 Å². The summed E-state index contributed by atoms with van der Waals surface area (Å²) in [7, 11) is 0. The summed E-state index contributed by atoms with van der Waals surface area (Å²) in [5.74, 6) is -0.842. The zero-order valence-electron chi connectivity index (χ0n) is 12.7. The fourth-order valence-corrected chi connectivity index (χ4v) is 2.58. The lowest BCUT2D eigenvalue weighted by Gasteiger charge is -2.20. The van der Waals surface area contributed by atoms with Gasteiger partial charge in [0.25, 0.3) is 0 Å². The van der Waals surface area contributed by atoms with Gasteiger partial charge in [0.1, 0.15) is 6.04 Å². The van der Waals surface area contributed by atoms with Crippen LogP contribution in [0.4, 0.5) is 0 Å². The van der Waals surface area contributed by atoms with Gasteiger partial charge in [-0.25, -0.2) is 4.79 Å². The van der Waals surface area contributed by atoms with E-state index < -0.39 is 12.0 Å². The highest BCUT2D eigenvalue weighted by Crippen LogP contribution is 2.10.